The SMILES string of the molecule is Cc1cc(Br)ccc1NN(CCCN(C)C)C(=O)c1ccc(F)c(F)c1.Cc1cc(I)ccc1Nc1c(F)cccc1C(=O)NCc1ccncc1. The van der Waals surface area contributed by atoms with Crippen LogP contribution >= 0.6 is 38.5 Å². The van der Waals surface area contributed by atoms with Gasteiger partial charge in [0.15, 0.2) is 11.6 Å². The number of rotatable bonds is 12. The first-order chi connectivity index (χ1) is 24.8. The number of para-hydroxylation sites is 1. The summed E-state index contributed by atoms with van der Waals surface area (Å²) in [4.78, 5) is 31.4. The molecule has 0 radical (unpaired) electrons. The lowest BCUT2D eigenvalue weighted by Gasteiger charge is -2.26. The number of carbonyl (C=O) groups excluding carboxylic acids is 2. The van der Waals surface area contributed by atoms with Gasteiger partial charge in [0, 0.05) is 44.8 Å². The molecule has 5 rings (SSSR count). The summed E-state index contributed by atoms with van der Waals surface area (Å²) in [5.74, 6) is -3.24. The number of amides is 2. The third-order valence-corrected chi connectivity index (χ3v) is 8.92. The first kappa shape index (κ1) is 40.3. The average molecular weight is 888 g/mol. The second-order valence-electron chi connectivity index (χ2n) is 12.1. The predicted octanol–water partition coefficient (Wildman–Crippen LogP) is 9.26. The van der Waals surface area contributed by atoms with Crippen molar-refractivity contribution in [1.82, 2.24) is 20.2 Å². The van der Waals surface area contributed by atoms with Crippen molar-refractivity contribution < 1.29 is 22.8 Å². The number of aromatic nitrogens is 1. The number of aryl methyl sites for hydroxylation is 2. The Morgan fingerprint density at radius 2 is 1.52 bits per heavy atom. The Hall–Kier alpha value is -4.47. The molecule has 272 valence electrons. The van der Waals surface area contributed by atoms with Crippen LogP contribution in [0.1, 0.15) is 43.8 Å². The largest absolute Gasteiger partial charge is 0.352 e. The van der Waals surface area contributed by atoms with Crippen LogP contribution in [0.5, 0.6) is 0 Å². The van der Waals surface area contributed by atoms with Crippen LogP contribution in [0.25, 0.3) is 0 Å². The average Bonchev–Trinajstić information content (AvgIpc) is 3.11. The van der Waals surface area contributed by atoms with Crippen LogP contribution in [0, 0.1) is 34.9 Å². The third kappa shape index (κ3) is 11.8. The monoisotopic (exact) mass is 886 g/mol. The Bertz CT molecular complexity index is 2000. The highest BCUT2D eigenvalue weighted by Gasteiger charge is 2.19. The Morgan fingerprint density at radius 1 is 0.808 bits per heavy atom. The van der Waals surface area contributed by atoms with Gasteiger partial charge >= 0.3 is 0 Å². The Labute approximate surface area is 324 Å². The number of hydrogen-bond donors (Lipinski definition) is 3. The highest BCUT2D eigenvalue weighted by Crippen LogP contribution is 2.28. The zero-order chi connectivity index (χ0) is 37.8. The van der Waals surface area contributed by atoms with E-state index in [1.54, 1.807) is 18.5 Å². The normalized spacial score (nSPS) is 10.7. The van der Waals surface area contributed by atoms with E-state index in [1.165, 1.54) is 23.2 Å². The molecule has 3 N–H and O–H groups in total. The third-order valence-electron chi connectivity index (χ3n) is 7.75. The summed E-state index contributed by atoms with van der Waals surface area (Å²) in [6, 6.07) is 22.7. The smallest absolute Gasteiger partial charge is 0.272 e. The zero-order valence-electron chi connectivity index (χ0n) is 29.1. The lowest BCUT2D eigenvalue weighted by Crippen LogP contribution is -2.38. The molecule has 0 aliphatic carbocycles. The molecule has 0 atom stereocenters. The van der Waals surface area contributed by atoms with Crippen molar-refractivity contribution in [2.75, 3.05) is 37.9 Å². The summed E-state index contributed by atoms with van der Waals surface area (Å²) in [7, 11) is 3.90. The van der Waals surface area contributed by atoms with Crippen LogP contribution in [0.3, 0.4) is 0 Å². The van der Waals surface area contributed by atoms with E-state index in [2.05, 4.69) is 59.6 Å². The first-order valence-corrected chi connectivity index (χ1v) is 18.1. The lowest BCUT2D eigenvalue weighted by molar-refractivity contribution is 0.0787. The van der Waals surface area contributed by atoms with E-state index in [-0.39, 0.29) is 22.7 Å². The standard InChI is InChI=1S/C20H17FIN3O.C19H22BrF2N3O/c1-13-11-15(22)5-6-18(13)25-19-16(3-2-4-17(19)21)20(26)24-12-14-7-9-23-10-8-14;1-13-11-15(20)6-8-18(13)23-25(10-4-9-24(2)3)19(26)14-5-7-16(21)17(22)12-14/h2-11,25H,12H2,1H3,(H,24,26);5-8,11-12,23H,4,9-10H2,1-3H3. The van der Waals surface area contributed by atoms with Gasteiger partial charge in [-0.1, -0.05) is 22.0 Å². The van der Waals surface area contributed by atoms with Crippen molar-refractivity contribution in [3.05, 3.63) is 151 Å². The maximum absolute atomic E-state index is 14.4. The quantitative estimate of drug-likeness (QED) is 0.0856. The van der Waals surface area contributed by atoms with Gasteiger partial charge in [-0.3, -0.25) is 25.0 Å². The summed E-state index contributed by atoms with van der Waals surface area (Å²) >= 11 is 5.63. The van der Waals surface area contributed by atoms with Crippen LogP contribution in [0.15, 0.2) is 102 Å². The minimum absolute atomic E-state index is 0.0935. The van der Waals surface area contributed by atoms with Crippen molar-refractivity contribution in [2.45, 2.75) is 26.8 Å². The number of halogens is 5. The molecule has 0 saturated carbocycles. The summed E-state index contributed by atoms with van der Waals surface area (Å²) in [6.45, 7) is 5.43. The second-order valence-corrected chi connectivity index (χ2v) is 14.3. The Balaban J connectivity index is 0.000000233. The molecule has 52 heavy (non-hydrogen) atoms. The van der Waals surface area contributed by atoms with Gasteiger partial charge in [0.2, 0.25) is 0 Å². The number of nitrogens with zero attached hydrogens (tertiary/aromatic N) is 3. The number of hydrazine groups is 1. The van der Waals surface area contributed by atoms with Gasteiger partial charge in [0.05, 0.1) is 16.9 Å². The number of anilines is 3. The van der Waals surface area contributed by atoms with Crippen molar-refractivity contribution in [3.63, 3.8) is 0 Å². The molecule has 0 aliphatic rings. The highest BCUT2D eigenvalue weighted by atomic mass is 127. The molecule has 0 unspecified atom stereocenters. The first-order valence-electron chi connectivity index (χ1n) is 16.3. The van der Waals surface area contributed by atoms with Crippen molar-refractivity contribution in [2.24, 2.45) is 0 Å². The number of carbonyl (C=O) groups is 2. The number of pyridine rings is 1. The van der Waals surface area contributed by atoms with Gasteiger partial charge in [-0.2, -0.15) is 0 Å². The topological polar surface area (TPSA) is 89.6 Å². The minimum atomic E-state index is -1.04. The van der Waals surface area contributed by atoms with Gasteiger partial charge in [-0.25, -0.2) is 13.2 Å². The van der Waals surface area contributed by atoms with Gasteiger partial charge in [-0.15, -0.1) is 0 Å². The van der Waals surface area contributed by atoms with Crippen LogP contribution in [0.2, 0.25) is 0 Å². The maximum Gasteiger partial charge on any atom is 0.272 e. The summed E-state index contributed by atoms with van der Waals surface area (Å²) in [5, 5.41) is 7.32. The van der Waals surface area contributed by atoms with Gasteiger partial charge in [0.25, 0.3) is 11.8 Å². The molecule has 0 bridgehead atoms. The molecule has 13 heteroatoms. The fourth-order valence-corrected chi connectivity index (χ4v) is 6.08. The van der Waals surface area contributed by atoms with Crippen molar-refractivity contribution in [1.29, 1.82) is 0 Å². The molecular weight excluding hydrogens is 848 g/mol. The number of hydrogen-bond acceptors (Lipinski definition) is 6. The lowest BCUT2D eigenvalue weighted by atomic mass is 10.1. The van der Waals surface area contributed by atoms with E-state index in [4.69, 9.17) is 0 Å². The molecule has 0 spiro atoms. The highest BCUT2D eigenvalue weighted by molar-refractivity contribution is 14.1. The van der Waals surface area contributed by atoms with E-state index in [0.29, 0.717) is 13.1 Å². The zero-order valence-corrected chi connectivity index (χ0v) is 32.9. The van der Waals surface area contributed by atoms with E-state index in [9.17, 15) is 22.8 Å². The molecule has 0 saturated heterocycles. The predicted molar refractivity (Wildman–Crippen MR) is 212 cm³/mol. The summed E-state index contributed by atoms with van der Waals surface area (Å²) in [6.07, 6.45) is 4.05. The molecular formula is C39H39BrF3IN6O2. The van der Waals surface area contributed by atoms with Gasteiger partial charge < -0.3 is 15.5 Å². The molecule has 0 aliphatic heterocycles. The fraction of sp³-hybridized carbons (Fsp3) is 0.205. The van der Waals surface area contributed by atoms with Crippen LogP contribution in [-0.4, -0.2) is 53.9 Å². The molecule has 8 nitrogen and oxygen atoms in total. The van der Waals surface area contributed by atoms with Crippen molar-refractivity contribution >= 4 is 67.4 Å². The fourth-order valence-electron chi connectivity index (χ4n) is 4.96. The summed E-state index contributed by atoms with van der Waals surface area (Å²) in [5.41, 5.74) is 8.02. The molecule has 1 aromatic heterocycles. The number of benzene rings is 4. The Morgan fingerprint density at radius 3 is 2.19 bits per heavy atom. The van der Waals surface area contributed by atoms with Crippen molar-refractivity contribution in [3.8, 4) is 0 Å². The van der Waals surface area contributed by atoms with E-state index < -0.39 is 23.4 Å². The molecule has 5 aromatic rings. The molecule has 4 aromatic carbocycles. The van der Waals surface area contributed by atoms with Crippen LogP contribution < -0.4 is 16.1 Å². The van der Waals surface area contributed by atoms with E-state index >= 15 is 0 Å². The second kappa shape index (κ2) is 19.4. The van der Waals surface area contributed by atoms with Crippen LogP contribution in [0.4, 0.5) is 30.2 Å². The summed E-state index contributed by atoms with van der Waals surface area (Å²) < 4.78 is 43.1. The van der Waals surface area contributed by atoms with E-state index in [1.807, 2.05) is 81.4 Å². The van der Waals surface area contributed by atoms with Gasteiger partial charge in [-0.05, 0) is 159 Å². The Kier molecular flexibility index (Phi) is 15.0. The van der Waals surface area contributed by atoms with E-state index in [0.717, 1.165) is 61.2 Å². The maximum atomic E-state index is 14.4. The molecule has 2 amide bonds. The minimum Gasteiger partial charge on any atom is -0.352 e. The van der Waals surface area contributed by atoms with Gasteiger partial charge in [0.1, 0.15) is 5.82 Å². The number of nitrogens with one attached hydrogen (secondary N) is 3. The molecule has 1 heterocycles. The van der Waals surface area contributed by atoms with Crippen LogP contribution in [-0.2, 0) is 6.54 Å². The molecule has 0 fully saturated rings.